The second kappa shape index (κ2) is 9.76. The van der Waals surface area contributed by atoms with Gasteiger partial charge in [-0.2, -0.15) is 0 Å². The number of ether oxygens (including phenoxy) is 1. The molecule has 0 aliphatic carbocycles. The summed E-state index contributed by atoms with van der Waals surface area (Å²) in [7, 11) is 2.22. The van der Waals surface area contributed by atoms with E-state index in [0.717, 1.165) is 19.7 Å². The Labute approximate surface area is 113 Å². The first-order valence-electron chi connectivity index (χ1n) is 7.76. The van der Waals surface area contributed by atoms with E-state index in [1.54, 1.807) is 0 Å². The largest absolute Gasteiger partial charge is 0.377 e. The fraction of sp³-hybridized carbons (Fsp3) is 1.00. The summed E-state index contributed by atoms with van der Waals surface area (Å²) in [6, 6.07) is 0.657. The maximum absolute atomic E-state index is 5.78. The van der Waals surface area contributed by atoms with Crippen LogP contribution >= 0.6 is 0 Å². The summed E-state index contributed by atoms with van der Waals surface area (Å²) in [6.07, 6.45) is 8.11. The molecule has 0 spiro atoms. The molecule has 108 valence electrons. The predicted molar refractivity (Wildman–Crippen MR) is 78.1 cm³/mol. The van der Waals surface area contributed by atoms with Crippen molar-refractivity contribution in [1.29, 1.82) is 0 Å². The Bertz CT molecular complexity index is 193. The van der Waals surface area contributed by atoms with Crippen LogP contribution in [0.4, 0.5) is 0 Å². The zero-order valence-electron chi connectivity index (χ0n) is 12.6. The third-order valence-corrected chi connectivity index (χ3v) is 3.71. The first-order valence-corrected chi connectivity index (χ1v) is 7.76. The molecular weight excluding hydrogens is 224 g/mol. The molecule has 3 nitrogen and oxygen atoms in total. The van der Waals surface area contributed by atoms with Crippen molar-refractivity contribution in [3.63, 3.8) is 0 Å². The Morgan fingerprint density at radius 1 is 1.39 bits per heavy atom. The molecule has 0 aromatic rings. The summed E-state index contributed by atoms with van der Waals surface area (Å²) in [4.78, 5) is 2.43. The van der Waals surface area contributed by atoms with Crippen LogP contribution < -0.4 is 5.32 Å². The predicted octanol–water partition coefficient (Wildman–Crippen LogP) is 2.66. The van der Waals surface area contributed by atoms with Crippen LogP contribution in [0.25, 0.3) is 0 Å². The van der Waals surface area contributed by atoms with E-state index in [-0.39, 0.29) is 0 Å². The highest BCUT2D eigenvalue weighted by atomic mass is 16.5. The van der Waals surface area contributed by atoms with Gasteiger partial charge in [-0.3, -0.25) is 0 Å². The van der Waals surface area contributed by atoms with Gasteiger partial charge < -0.3 is 15.0 Å². The lowest BCUT2D eigenvalue weighted by atomic mass is 10.1. The van der Waals surface area contributed by atoms with Gasteiger partial charge in [0.05, 0.1) is 6.10 Å². The molecule has 0 radical (unpaired) electrons. The van der Waals surface area contributed by atoms with Gasteiger partial charge in [0.2, 0.25) is 0 Å². The van der Waals surface area contributed by atoms with Crippen LogP contribution in [-0.2, 0) is 4.74 Å². The molecule has 2 unspecified atom stereocenters. The number of nitrogens with one attached hydrogen (secondary N) is 1. The van der Waals surface area contributed by atoms with Crippen molar-refractivity contribution in [2.24, 2.45) is 0 Å². The van der Waals surface area contributed by atoms with Crippen LogP contribution in [0.2, 0.25) is 0 Å². The Morgan fingerprint density at radius 3 is 2.89 bits per heavy atom. The molecule has 0 saturated carbocycles. The van der Waals surface area contributed by atoms with Crippen LogP contribution in [-0.4, -0.2) is 50.3 Å². The molecule has 1 aliphatic rings. The third-order valence-electron chi connectivity index (χ3n) is 3.71. The molecule has 1 aliphatic heterocycles. The molecule has 1 heterocycles. The van der Waals surface area contributed by atoms with Crippen molar-refractivity contribution < 1.29 is 4.74 Å². The number of hydrogen-bond acceptors (Lipinski definition) is 3. The van der Waals surface area contributed by atoms with E-state index in [1.807, 2.05) is 0 Å². The SMILES string of the molecule is CCCNC(C)CCCN(C)CC1CCCCO1. The highest BCUT2D eigenvalue weighted by Gasteiger charge is 2.15. The summed E-state index contributed by atoms with van der Waals surface area (Å²) in [6.45, 7) is 8.93. The zero-order valence-corrected chi connectivity index (χ0v) is 12.6. The molecule has 0 aromatic heterocycles. The van der Waals surface area contributed by atoms with Gasteiger partial charge in [-0.05, 0) is 65.6 Å². The van der Waals surface area contributed by atoms with Crippen LogP contribution in [0.3, 0.4) is 0 Å². The van der Waals surface area contributed by atoms with Crippen LogP contribution in [0, 0.1) is 0 Å². The van der Waals surface area contributed by atoms with E-state index in [2.05, 4.69) is 31.1 Å². The molecule has 18 heavy (non-hydrogen) atoms. The normalized spacial score (nSPS) is 22.3. The fourth-order valence-corrected chi connectivity index (χ4v) is 2.55. The minimum absolute atomic E-state index is 0.486. The number of likely N-dealkylation sites (N-methyl/N-ethyl adjacent to an activating group) is 1. The molecule has 2 atom stereocenters. The minimum atomic E-state index is 0.486. The summed E-state index contributed by atoms with van der Waals surface area (Å²) in [5, 5.41) is 3.54. The summed E-state index contributed by atoms with van der Waals surface area (Å²) < 4.78 is 5.78. The van der Waals surface area contributed by atoms with Crippen molar-refractivity contribution in [2.75, 3.05) is 33.3 Å². The topological polar surface area (TPSA) is 24.5 Å². The molecular formula is C15H32N2O. The first-order chi connectivity index (χ1) is 8.72. The van der Waals surface area contributed by atoms with Gasteiger partial charge in [0, 0.05) is 19.2 Å². The number of nitrogens with zero attached hydrogens (tertiary/aromatic N) is 1. The van der Waals surface area contributed by atoms with Gasteiger partial charge in [-0.25, -0.2) is 0 Å². The molecule has 0 amide bonds. The molecule has 1 N–H and O–H groups in total. The van der Waals surface area contributed by atoms with Crippen molar-refractivity contribution in [3.8, 4) is 0 Å². The van der Waals surface area contributed by atoms with E-state index >= 15 is 0 Å². The highest BCUT2D eigenvalue weighted by Crippen LogP contribution is 2.13. The Balaban J connectivity index is 2.00. The Hall–Kier alpha value is -0.120. The number of rotatable bonds is 9. The second-order valence-corrected chi connectivity index (χ2v) is 5.75. The maximum atomic E-state index is 5.78. The summed E-state index contributed by atoms with van der Waals surface area (Å²) in [5.41, 5.74) is 0. The summed E-state index contributed by atoms with van der Waals surface area (Å²) >= 11 is 0. The second-order valence-electron chi connectivity index (χ2n) is 5.75. The Kier molecular flexibility index (Phi) is 8.64. The highest BCUT2D eigenvalue weighted by molar-refractivity contribution is 4.68. The van der Waals surface area contributed by atoms with Crippen molar-refractivity contribution in [1.82, 2.24) is 10.2 Å². The summed E-state index contributed by atoms with van der Waals surface area (Å²) in [5.74, 6) is 0. The maximum Gasteiger partial charge on any atom is 0.0701 e. The lowest BCUT2D eigenvalue weighted by molar-refractivity contribution is -0.00165. The van der Waals surface area contributed by atoms with Crippen LogP contribution in [0.1, 0.15) is 52.4 Å². The average Bonchev–Trinajstić information content (AvgIpc) is 2.37. The monoisotopic (exact) mass is 256 g/mol. The lowest BCUT2D eigenvalue weighted by Gasteiger charge is -2.27. The first kappa shape index (κ1) is 15.9. The molecule has 0 bridgehead atoms. The lowest BCUT2D eigenvalue weighted by Crippen LogP contribution is -2.34. The van der Waals surface area contributed by atoms with Gasteiger partial charge in [-0.1, -0.05) is 6.92 Å². The number of hydrogen-bond donors (Lipinski definition) is 1. The van der Waals surface area contributed by atoms with Crippen LogP contribution in [0.5, 0.6) is 0 Å². The van der Waals surface area contributed by atoms with Gasteiger partial charge in [-0.15, -0.1) is 0 Å². The molecule has 1 saturated heterocycles. The van der Waals surface area contributed by atoms with Gasteiger partial charge >= 0.3 is 0 Å². The standard InChI is InChI=1S/C15H32N2O/c1-4-10-16-14(2)8-7-11-17(3)13-15-9-5-6-12-18-15/h14-16H,4-13H2,1-3H3. The zero-order chi connectivity index (χ0) is 13.2. The Morgan fingerprint density at radius 2 is 2.22 bits per heavy atom. The minimum Gasteiger partial charge on any atom is -0.377 e. The molecule has 3 heteroatoms. The molecule has 0 aromatic carbocycles. The molecule has 1 rings (SSSR count). The van der Waals surface area contributed by atoms with E-state index in [0.29, 0.717) is 12.1 Å². The van der Waals surface area contributed by atoms with Crippen molar-refractivity contribution in [2.45, 2.75) is 64.5 Å². The average molecular weight is 256 g/mol. The third kappa shape index (κ3) is 7.34. The van der Waals surface area contributed by atoms with E-state index in [1.165, 1.54) is 45.1 Å². The van der Waals surface area contributed by atoms with Crippen LogP contribution in [0.15, 0.2) is 0 Å². The van der Waals surface area contributed by atoms with E-state index < -0.39 is 0 Å². The quantitative estimate of drug-likeness (QED) is 0.686. The fourth-order valence-electron chi connectivity index (χ4n) is 2.55. The van der Waals surface area contributed by atoms with E-state index in [4.69, 9.17) is 4.74 Å². The molecule has 1 fully saturated rings. The van der Waals surface area contributed by atoms with Crippen molar-refractivity contribution in [3.05, 3.63) is 0 Å². The smallest absolute Gasteiger partial charge is 0.0701 e. The van der Waals surface area contributed by atoms with Gasteiger partial charge in [0.25, 0.3) is 0 Å². The van der Waals surface area contributed by atoms with Gasteiger partial charge in [0.1, 0.15) is 0 Å². The van der Waals surface area contributed by atoms with Crippen molar-refractivity contribution >= 4 is 0 Å². The van der Waals surface area contributed by atoms with Gasteiger partial charge in [0.15, 0.2) is 0 Å². The van der Waals surface area contributed by atoms with E-state index in [9.17, 15) is 0 Å².